The summed E-state index contributed by atoms with van der Waals surface area (Å²) in [5, 5.41) is 0. The van der Waals surface area contributed by atoms with E-state index >= 15 is 0 Å². The SMILES string of the molecule is CCC[C@@H]1COCCN1c1nc(-c2ccncc2F)cc(=O)n1C. The summed E-state index contributed by atoms with van der Waals surface area (Å²) in [4.78, 5) is 22.8. The highest BCUT2D eigenvalue weighted by Crippen LogP contribution is 2.24. The van der Waals surface area contributed by atoms with Crippen LogP contribution in [0.2, 0.25) is 0 Å². The second-order valence-corrected chi connectivity index (χ2v) is 5.90. The lowest BCUT2D eigenvalue weighted by molar-refractivity contribution is 0.0900. The van der Waals surface area contributed by atoms with Crippen LogP contribution in [0, 0.1) is 5.82 Å². The van der Waals surface area contributed by atoms with E-state index in [2.05, 4.69) is 21.8 Å². The molecule has 3 heterocycles. The van der Waals surface area contributed by atoms with Crippen LogP contribution in [0.25, 0.3) is 11.3 Å². The molecule has 0 amide bonds. The fourth-order valence-corrected chi connectivity index (χ4v) is 3.00. The van der Waals surface area contributed by atoms with E-state index < -0.39 is 5.82 Å². The molecule has 1 saturated heterocycles. The molecule has 24 heavy (non-hydrogen) atoms. The highest BCUT2D eigenvalue weighted by Gasteiger charge is 2.26. The molecule has 1 atom stereocenters. The van der Waals surface area contributed by atoms with Crippen molar-refractivity contribution in [3.8, 4) is 11.3 Å². The molecule has 6 nitrogen and oxygen atoms in total. The van der Waals surface area contributed by atoms with E-state index in [1.54, 1.807) is 7.05 Å². The lowest BCUT2D eigenvalue weighted by Crippen LogP contribution is -2.48. The van der Waals surface area contributed by atoms with Crippen molar-refractivity contribution < 1.29 is 9.13 Å². The predicted octanol–water partition coefficient (Wildman–Crippen LogP) is 1.99. The first-order valence-electron chi connectivity index (χ1n) is 8.14. The molecule has 0 radical (unpaired) electrons. The molecule has 1 aliphatic heterocycles. The summed E-state index contributed by atoms with van der Waals surface area (Å²) in [6.07, 6.45) is 4.58. The van der Waals surface area contributed by atoms with Crippen LogP contribution in [0.4, 0.5) is 10.3 Å². The number of hydrogen-bond acceptors (Lipinski definition) is 5. The van der Waals surface area contributed by atoms with Crippen LogP contribution in [-0.2, 0) is 11.8 Å². The number of pyridine rings is 1. The summed E-state index contributed by atoms with van der Waals surface area (Å²) < 4.78 is 21.1. The van der Waals surface area contributed by atoms with Crippen LogP contribution in [0.5, 0.6) is 0 Å². The lowest BCUT2D eigenvalue weighted by atomic mass is 10.1. The maximum absolute atomic E-state index is 14.0. The standard InChI is InChI=1S/C17H21FN4O2/c1-3-4-12-11-24-8-7-22(12)17-20-15(9-16(23)21(17)2)13-5-6-19-10-14(13)18/h5-6,9-10,12H,3-4,7-8,11H2,1-2H3/t12-/m1/s1. The van der Waals surface area contributed by atoms with Gasteiger partial charge in [0.15, 0.2) is 5.82 Å². The van der Waals surface area contributed by atoms with Crippen molar-refractivity contribution in [3.05, 3.63) is 40.7 Å². The molecule has 0 aliphatic carbocycles. The first kappa shape index (κ1) is 16.6. The molecule has 0 aromatic carbocycles. The normalized spacial score (nSPS) is 18.0. The van der Waals surface area contributed by atoms with Crippen molar-refractivity contribution in [3.63, 3.8) is 0 Å². The van der Waals surface area contributed by atoms with Gasteiger partial charge in [0, 0.05) is 31.4 Å². The van der Waals surface area contributed by atoms with Crippen molar-refractivity contribution in [1.82, 2.24) is 14.5 Å². The second kappa shape index (κ2) is 7.09. The number of ether oxygens (including phenoxy) is 1. The molecule has 2 aromatic rings. The summed E-state index contributed by atoms with van der Waals surface area (Å²) >= 11 is 0. The van der Waals surface area contributed by atoms with E-state index in [9.17, 15) is 9.18 Å². The predicted molar refractivity (Wildman–Crippen MR) is 89.5 cm³/mol. The Labute approximate surface area is 139 Å². The van der Waals surface area contributed by atoms with Gasteiger partial charge in [-0.15, -0.1) is 0 Å². The zero-order valence-electron chi connectivity index (χ0n) is 13.9. The molecule has 0 N–H and O–H groups in total. The molecular weight excluding hydrogens is 311 g/mol. The van der Waals surface area contributed by atoms with E-state index in [1.165, 1.54) is 22.9 Å². The van der Waals surface area contributed by atoms with E-state index in [1.807, 2.05) is 0 Å². The fraction of sp³-hybridized carbons (Fsp3) is 0.471. The number of rotatable bonds is 4. The number of halogens is 1. The highest BCUT2D eigenvalue weighted by molar-refractivity contribution is 5.60. The van der Waals surface area contributed by atoms with Crippen LogP contribution in [-0.4, -0.2) is 40.3 Å². The Kier molecular flexibility index (Phi) is 4.89. The van der Waals surface area contributed by atoms with Gasteiger partial charge >= 0.3 is 0 Å². The topological polar surface area (TPSA) is 60.2 Å². The van der Waals surface area contributed by atoms with Gasteiger partial charge in [-0.2, -0.15) is 0 Å². The minimum atomic E-state index is -0.490. The average molecular weight is 332 g/mol. The molecular formula is C17H21FN4O2. The number of hydrogen-bond donors (Lipinski definition) is 0. The van der Waals surface area contributed by atoms with Crippen molar-refractivity contribution in [1.29, 1.82) is 0 Å². The summed E-state index contributed by atoms with van der Waals surface area (Å²) in [5.74, 6) is 0.0618. The third kappa shape index (κ3) is 3.17. The van der Waals surface area contributed by atoms with Gasteiger partial charge in [0.25, 0.3) is 5.56 Å². The van der Waals surface area contributed by atoms with Gasteiger partial charge < -0.3 is 9.64 Å². The van der Waals surface area contributed by atoms with Crippen LogP contribution >= 0.6 is 0 Å². The average Bonchev–Trinajstić information content (AvgIpc) is 2.59. The van der Waals surface area contributed by atoms with Gasteiger partial charge in [0.2, 0.25) is 5.95 Å². The largest absolute Gasteiger partial charge is 0.377 e. The minimum absolute atomic E-state index is 0.166. The molecule has 0 saturated carbocycles. The number of morpholine rings is 1. The lowest BCUT2D eigenvalue weighted by Gasteiger charge is -2.37. The quantitative estimate of drug-likeness (QED) is 0.857. The Morgan fingerprint density at radius 3 is 3.04 bits per heavy atom. The number of anilines is 1. The zero-order valence-corrected chi connectivity index (χ0v) is 13.9. The van der Waals surface area contributed by atoms with E-state index in [-0.39, 0.29) is 17.2 Å². The van der Waals surface area contributed by atoms with E-state index in [4.69, 9.17) is 4.74 Å². The number of aromatic nitrogens is 3. The van der Waals surface area contributed by atoms with Crippen LogP contribution in [0.3, 0.4) is 0 Å². The smallest absolute Gasteiger partial charge is 0.255 e. The molecule has 0 spiro atoms. The van der Waals surface area contributed by atoms with Gasteiger partial charge in [-0.25, -0.2) is 9.37 Å². The Morgan fingerprint density at radius 1 is 1.46 bits per heavy atom. The van der Waals surface area contributed by atoms with Gasteiger partial charge in [0.1, 0.15) is 0 Å². The van der Waals surface area contributed by atoms with E-state index in [0.29, 0.717) is 31.4 Å². The van der Waals surface area contributed by atoms with Crippen molar-refractivity contribution in [2.75, 3.05) is 24.7 Å². The van der Waals surface area contributed by atoms with Crippen molar-refractivity contribution in [2.24, 2.45) is 7.05 Å². The maximum atomic E-state index is 14.0. The van der Waals surface area contributed by atoms with Crippen LogP contribution in [0.15, 0.2) is 29.3 Å². The van der Waals surface area contributed by atoms with E-state index in [0.717, 1.165) is 19.0 Å². The molecule has 0 unspecified atom stereocenters. The summed E-state index contributed by atoms with van der Waals surface area (Å²) in [6, 6.07) is 3.06. The summed E-state index contributed by atoms with van der Waals surface area (Å²) in [6.45, 7) is 3.97. The second-order valence-electron chi connectivity index (χ2n) is 5.90. The van der Waals surface area contributed by atoms with Crippen LogP contribution in [0.1, 0.15) is 19.8 Å². The Hall–Kier alpha value is -2.28. The molecule has 3 rings (SSSR count). The molecule has 128 valence electrons. The third-order valence-corrected chi connectivity index (χ3v) is 4.27. The number of nitrogens with zero attached hydrogens (tertiary/aromatic N) is 4. The first-order valence-corrected chi connectivity index (χ1v) is 8.14. The maximum Gasteiger partial charge on any atom is 0.255 e. The monoisotopic (exact) mass is 332 g/mol. The Morgan fingerprint density at radius 2 is 2.29 bits per heavy atom. The van der Waals surface area contributed by atoms with Gasteiger partial charge in [-0.1, -0.05) is 13.3 Å². The zero-order chi connectivity index (χ0) is 17.1. The first-order chi connectivity index (χ1) is 11.6. The fourth-order valence-electron chi connectivity index (χ4n) is 3.00. The van der Waals surface area contributed by atoms with Gasteiger partial charge in [-0.3, -0.25) is 14.3 Å². The molecule has 1 fully saturated rings. The Balaban J connectivity index is 2.07. The molecule has 7 heteroatoms. The molecule has 0 bridgehead atoms. The van der Waals surface area contributed by atoms with Crippen LogP contribution < -0.4 is 10.5 Å². The third-order valence-electron chi connectivity index (χ3n) is 4.27. The van der Waals surface area contributed by atoms with Gasteiger partial charge in [0.05, 0.1) is 31.1 Å². The minimum Gasteiger partial charge on any atom is -0.377 e. The molecule has 2 aromatic heterocycles. The highest BCUT2D eigenvalue weighted by atomic mass is 19.1. The summed E-state index contributed by atoms with van der Waals surface area (Å²) in [7, 11) is 1.69. The Bertz CT molecular complexity index is 775. The molecule has 1 aliphatic rings. The van der Waals surface area contributed by atoms with Crippen molar-refractivity contribution >= 4 is 5.95 Å². The van der Waals surface area contributed by atoms with Gasteiger partial charge in [-0.05, 0) is 12.5 Å². The summed E-state index contributed by atoms with van der Waals surface area (Å²) in [5.41, 5.74) is 0.395. The van der Waals surface area contributed by atoms with Crippen molar-refractivity contribution in [2.45, 2.75) is 25.8 Å².